The zero-order chi connectivity index (χ0) is 15.3. The second kappa shape index (κ2) is 6.83. The van der Waals surface area contributed by atoms with E-state index in [4.69, 9.17) is 9.84 Å². The SMILES string of the molecule is COCc1ccc(S(=O)(=O)N(CC(=O)O)C(C)C)cc1. The second-order valence-corrected chi connectivity index (χ2v) is 6.51. The maximum atomic E-state index is 12.4. The third kappa shape index (κ3) is 4.03. The first-order chi connectivity index (χ1) is 9.28. The van der Waals surface area contributed by atoms with E-state index in [2.05, 4.69) is 0 Å². The summed E-state index contributed by atoms with van der Waals surface area (Å²) in [6, 6.07) is 5.78. The van der Waals surface area contributed by atoms with Crippen LogP contribution < -0.4 is 0 Å². The van der Waals surface area contributed by atoms with Crippen LogP contribution in [0.15, 0.2) is 29.2 Å². The minimum atomic E-state index is -3.82. The summed E-state index contributed by atoms with van der Waals surface area (Å²) < 4.78 is 30.7. The summed E-state index contributed by atoms with van der Waals surface area (Å²) in [6.07, 6.45) is 0. The fourth-order valence-electron chi connectivity index (χ4n) is 1.74. The molecule has 112 valence electrons. The summed E-state index contributed by atoms with van der Waals surface area (Å²) in [6.45, 7) is 3.11. The third-order valence-electron chi connectivity index (χ3n) is 2.71. The van der Waals surface area contributed by atoms with Gasteiger partial charge in [0.2, 0.25) is 10.0 Å². The highest BCUT2D eigenvalue weighted by molar-refractivity contribution is 7.89. The highest BCUT2D eigenvalue weighted by atomic mass is 32.2. The average Bonchev–Trinajstić information content (AvgIpc) is 2.36. The minimum Gasteiger partial charge on any atom is -0.480 e. The monoisotopic (exact) mass is 301 g/mol. The Hall–Kier alpha value is -1.44. The lowest BCUT2D eigenvalue weighted by atomic mass is 10.2. The van der Waals surface area contributed by atoms with Gasteiger partial charge in [-0.1, -0.05) is 12.1 Å². The molecule has 0 amide bonds. The van der Waals surface area contributed by atoms with Crippen molar-refractivity contribution < 1.29 is 23.1 Å². The van der Waals surface area contributed by atoms with Crippen molar-refractivity contribution in [1.82, 2.24) is 4.31 Å². The Balaban J connectivity index is 3.09. The van der Waals surface area contributed by atoms with Gasteiger partial charge >= 0.3 is 5.97 Å². The Labute approximate surface area is 119 Å². The van der Waals surface area contributed by atoms with E-state index in [1.807, 2.05) is 0 Å². The molecule has 20 heavy (non-hydrogen) atoms. The van der Waals surface area contributed by atoms with Crippen molar-refractivity contribution in [2.24, 2.45) is 0 Å². The van der Waals surface area contributed by atoms with Crippen LogP contribution in [0.3, 0.4) is 0 Å². The predicted molar refractivity (Wildman–Crippen MR) is 73.8 cm³/mol. The number of rotatable bonds is 7. The second-order valence-electron chi connectivity index (χ2n) is 4.61. The summed E-state index contributed by atoms with van der Waals surface area (Å²) in [4.78, 5) is 10.9. The molecule has 0 heterocycles. The van der Waals surface area contributed by atoms with Crippen LogP contribution in [-0.2, 0) is 26.2 Å². The van der Waals surface area contributed by atoms with Gasteiger partial charge in [0, 0.05) is 13.2 Å². The van der Waals surface area contributed by atoms with Gasteiger partial charge in [-0.2, -0.15) is 4.31 Å². The number of carboxylic acids is 1. The van der Waals surface area contributed by atoms with Gasteiger partial charge in [-0.25, -0.2) is 8.42 Å². The van der Waals surface area contributed by atoms with Gasteiger partial charge < -0.3 is 9.84 Å². The van der Waals surface area contributed by atoms with E-state index in [0.717, 1.165) is 9.87 Å². The summed E-state index contributed by atoms with van der Waals surface area (Å²) in [7, 11) is -2.26. The van der Waals surface area contributed by atoms with E-state index in [1.165, 1.54) is 12.1 Å². The van der Waals surface area contributed by atoms with E-state index in [-0.39, 0.29) is 4.90 Å². The van der Waals surface area contributed by atoms with Gasteiger partial charge in [-0.05, 0) is 31.5 Å². The van der Waals surface area contributed by atoms with Crippen LogP contribution in [0, 0.1) is 0 Å². The highest BCUT2D eigenvalue weighted by Gasteiger charge is 2.28. The van der Waals surface area contributed by atoms with Crippen molar-refractivity contribution in [3.05, 3.63) is 29.8 Å². The number of nitrogens with zero attached hydrogens (tertiary/aromatic N) is 1. The topological polar surface area (TPSA) is 83.9 Å². The van der Waals surface area contributed by atoms with E-state index in [0.29, 0.717) is 6.61 Å². The fraction of sp³-hybridized carbons (Fsp3) is 0.462. The maximum Gasteiger partial charge on any atom is 0.318 e. The number of benzene rings is 1. The third-order valence-corrected chi connectivity index (χ3v) is 4.74. The van der Waals surface area contributed by atoms with Gasteiger partial charge in [0.25, 0.3) is 0 Å². The zero-order valence-electron chi connectivity index (χ0n) is 11.7. The molecule has 6 nitrogen and oxygen atoms in total. The lowest BCUT2D eigenvalue weighted by molar-refractivity contribution is -0.137. The first-order valence-corrected chi connectivity index (χ1v) is 7.54. The standard InChI is InChI=1S/C13H19NO5S/c1-10(2)14(8-13(15)16)20(17,18)12-6-4-11(5-7-12)9-19-3/h4-7,10H,8-9H2,1-3H3,(H,15,16). The predicted octanol–water partition coefficient (Wildman–Crippen LogP) is 1.32. The van der Waals surface area contributed by atoms with Crippen molar-refractivity contribution in [2.75, 3.05) is 13.7 Å². The molecular formula is C13H19NO5S. The molecule has 0 saturated carbocycles. The van der Waals surface area contributed by atoms with E-state index >= 15 is 0 Å². The number of methoxy groups -OCH3 is 1. The summed E-state index contributed by atoms with van der Waals surface area (Å²) >= 11 is 0. The fourth-order valence-corrected chi connectivity index (χ4v) is 3.32. The van der Waals surface area contributed by atoms with Crippen LogP contribution in [0.25, 0.3) is 0 Å². The van der Waals surface area contributed by atoms with Gasteiger partial charge in [0.15, 0.2) is 0 Å². The molecule has 0 atom stereocenters. The smallest absolute Gasteiger partial charge is 0.318 e. The first kappa shape index (κ1) is 16.6. The number of aliphatic carboxylic acids is 1. The summed E-state index contributed by atoms with van der Waals surface area (Å²) in [5.74, 6) is -1.18. The molecule has 0 radical (unpaired) electrons. The molecule has 0 aliphatic rings. The summed E-state index contributed by atoms with van der Waals surface area (Å²) in [5, 5.41) is 8.83. The lowest BCUT2D eigenvalue weighted by Crippen LogP contribution is -2.40. The molecule has 1 aromatic carbocycles. The van der Waals surface area contributed by atoms with Gasteiger partial charge in [-0.15, -0.1) is 0 Å². The molecular weight excluding hydrogens is 282 g/mol. The quantitative estimate of drug-likeness (QED) is 0.821. The molecule has 7 heteroatoms. The molecule has 0 aliphatic carbocycles. The highest BCUT2D eigenvalue weighted by Crippen LogP contribution is 2.19. The molecule has 0 aromatic heterocycles. The van der Waals surface area contributed by atoms with Crippen LogP contribution >= 0.6 is 0 Å². The van der Waals surface area contributed by atoms with Crippen molar-refractivity contribution in [3.63, 3.8) is 0 Å². The zero-order valence-corrected chi connectivity index (χ0v) is 12.6. The molecule has 1 N–H and O–H groups in total. The molecule has 0 aliphatic heterocycles. The molecule has 1 rings (SSSR count). The van der Waals surface area contributed by atoms with Crippen LogP contribution in [0.1, 0.15) is 19.4 Å². The number of carbonyl (C=O) groups is 1. The van der Waals surface area contributed by atoms with Crippen LogP contribution in [0.4, 0.5) is 0 Å². The van der Waals surface area contributed by atoms with Crippen LogP contribution in [-0.4, -0.2) is 43.5 Å². The Morgan fingerprint density at radius 2 is 1.85 bits per heavy atom. The normalized spacial score (nSPS) is 12.1. The molecule has 1 aromatic rings. The van der Waals surface area contributed by atoms with E-state index < -0.39 is 28.6 Å². The number of sulfonamides is 1. The van der Waals surface area contributed by atoms with Gasteiger partial charge in [-0.3, -0.25) is 4.79 Å². The van der Waals surface area contributed by atoms with Crippen molar-refractivity contribution >= 4 is 16.0 Å². The van der Waals surface area contributed by atoms with E-state index in [9.17, 15) is 13.2 Å². The average molecular weight is 301 g/mol. The van der Waals surface area contributed by atoms with E-state index in [1.54, 1.807) is 33.1 Å². The minimum absolute atomic E-state index is 0.0762. The molecule has 0 saturated heterocycles. The first-order valence-electron chi connectivity index (χ1n) is 6.10. The number of hydrogen-bond donors (Lipinski definition) is 1. The number of ether oxygens (including phenoxy) is 1. The van der Waals surface area contributed by atoms with Gasteiger partial charge in [0.05, 0.1) is 11.5 Å². The Bertz CT molecular complexity index is 551. The Morgan fingerprint density at radius 3 is 2.25 bits per heavy atom. The maximum absolute atomic E-state index is 12.4. The molecule has 0 fully saturated rings. The molecule has 0 unspecified atom stereocenters. The Kier molecular flexibility index (Phi) is 5.67. The van der Waals surface area contributed by atoms with Crippen molar-refractivity contribution in [3.8, 4) is 0 Å². The number of hydrogen-bond acceptors (Lipinski definition) is 4. The van der Waals surface area contributed by atoms with Crippen LogP contribution in [0.5, 0.6) is 0 Å². The number of carboxylic acid groups (broad SMARTS) is 1. The van der Waals surface area contributed by atoms with Crippen molar-refractivity contribution in [2.45, 2.75) is 31.4 Å². The largest absolute Gasteiger partial charge is 0.480 e. The Morgan fingerprint density at radius 1 is 1.30 bits per heavy atom. The van der Waals surface area contributed by atoms with Gasteiger partial charge in [0.1, 0.15) is 6.54 Å². The molecule has 0 bridgehead atoms. The summed E-state index contributed by atoms with van der Waals surface area (Å²) in [5.41, 5.74) is 0.848. The molecule has 0 spiro atoms. The van der Waals surface area contributed by atoms with Crippen LogP contribution in [0.2, 0.25) is 0 Å². The lowest BCUT2D eigenvalue weighted by Gasteiger charge is -2.24. The van der Waals surface area contributed by atoms with Crippen molar-refractivity contribution in [1.29, 1.82) is 0 Å².